The average Bonchev–Trinajstić information content (AvgIpc) is 3.03. The van der Waals surface area contributed by atoms with Crippen molar-refractivity contribution in [3.05, 3.63) is 98.0 Å². The second-order valence-corrected chi connectivity index (χ2v) is 12.1. The molecule has 0 bridgehead atoms. The van der Waals surface area contributed by atoms with Gasteiger partial charge in [-0.2, -0.15) is 0 Å². The molecule has 3 aromatic carbocycles. The fourth-order valence-electron chi connectivity index (χ4n) is 3.10. The van der Waals surface area contributed by atoms with Crippen LogP contribution in [0.1, 0.15) is 16.7 Å². The number of hydrogen-bond acceptors (Lipinski definition) is 4. The highest BCUT2D eigenvalue weighted by Gasteiger charge is 2.35. The summed E-state index contributed by atoms with van der Waals surface area (Å²) in [6.45, 7) is 0.700. The molecule has 4 rings (SSSR count). The molecule has 1 saturated heterocycles. The van der Waals surface area contributed by atoms with Gasteiger partial charge in [-0.15, -0.1) is 0 Å². The fourth-order valence-corrected chi connectivity index (χ4v) is 6.55. The molecule has 0 spiro atoms. The number of thioether (sulfide) groups is 1. The summed E-state index contributed by atoms with van der Waals surface area (Å²) >= 11 is 13.6. The van der Waals surface area contributed by atoms with Crippen molar-refractivity contribution in [2.24, 2.45) is 0 Å². The van der Waals surface area contributed by atoms with Gasteiger partial charge in [-0.05, 0) is 139 Å². The van der Waals surface area contributed by atoms with Crippen LogP contribution >= 0.6 is 91.1 Å². The van der Waals surface area contributed by atoms with E-state index in [9.17, 15) is 9.59 Å². The lowest BCUT2D eigenvalue weighted by molar-refractivity contribution is -0.123. The molecular formula is C24H15ClI3NO3S. The van der Waals surface area contributed by atoms with Crippen molar-refractivity contribution in [3.63, 3.8) is 0 Å². The Morgan fingerprint density at radius 2 is 1.52 bits per heavy atom. The van der Waals surface area contributed by atoms with E-state index in [1.54, 1.807) is 18.2 Å². The van der Waals surface area contributed by atoms with Crippen LogP contribution in [0.2, 0.25) is 5.02 Å². The van der Waals surface area contributed by atoms with E-state index in [4.69, 9.17) is 16.3 Å². The first-order chi connectivity index (χ1) is 15.8. The summed E-state index contributed by atoms with van der Waals surface area (Å²) in [5, 5.41) is 0.339. The van der Waals surface area contributed by atoms with E-state index in [1.165, 1.54) is 8.47 Å². The van der Waals surface area contributed by atoms with E-state index in [0.29, 0.717) is 16.5 Å². The van der Waals surface area contributed by atoms with Gasteiger partial charge in [0.2, 0.25) is 0 Å². The van der Waals surface area contributed by atoms with Crippen LogP contribution in [-0.4, -0.2) is 16.0 Å². The van der Waals surface area contributed by atoms with Gasteiger partial charge in [-0.25, -0.2) is 0 Å². The van der Waals surface area contributed by atoms with Gasteiger partial charge in [0, 0.05) is 8.59 Å². The normalized spacial score (nSPS) is 14.9. The summed E-state index contributed by atoms with van der Waals surface area (Å²) in [7, 11) is 0. The molecule has 0 unspecified atom stereocenters. The lowest BCUT2D eigenvalue weighted by Gasteiger charge is -2.13. The van der Waals surface area contributed by atoms with Crippen molar-refractivity contribution in [1.29, 1.82) is 0 Å². The minimum Gasteiger partial charge on any atom is -0.487 e. The lowest BCUT2D eigenvalue weighted by Crippen LogP contribution is -2.27. The zero-order valence-corrected chi connectivity index (χ0v) is 24.9. The van der Waals surface area contributed by atoms with Crippen molar-refractivity contribution in [1.82, 2.24) is 4.90 Å². The highest BCUT2D eigenvalue weighted by atomic mass is 127. The van der Waals surface area contributed by atoms with Crippen LogP contribution in [0.3, 0.4) is 0 Å². The molecule has 9 heteroatoms. The third-order valence-corrected chi connectivity index (χ3v) is 8.22. The summed E-state index contributed by atoms with van der Waals surface area (Å²) in [5.41, 5.74) is 2.80. The summed E-state index contributed by atoms with van der Waals surface area (Å²) in [4.78, 5) is 27.0. The maximum atomic E-state index is 12.9. The Morgan fingerprint density at radius 3 is 2.15 bits per heavy atom. The molecule has 0 radical (unpaired) electrons. The summed E-state index contributed by atoms with van der Waals surface area (Å²) in [6.07, 6.45) is 1.76. The number of amides is 2. The highest BCUT2D eigenvalue weighted by molar-refractivity contribution is 14.1. The van der Waals surface area contributed by atoms with Crippen LogP contribution in [0, 0.1) is 10.7 Å². The molecule has 33 heavy (non-hydrogen) atoms. The summed E-state index contributed by atoms with van der Waals surface area (Å²) in [5.74, 6) is 0.520. The van der Waals surface area contributed by atoms with Crippen LogP contribution < -0.4 is 4.74 Å². The van der Waals surface area contributed by atoms with Gasteiger partial charge in [-0.1, -0.05) is 35.9 Å². The molecule has 1 fully saturated rings. The predicted octanol–water partition coefficient (Wildman–Crippen LogP) is 7.97. The minimum absolute atomic E-state index is 0.222. The van der Waals surface area contributed by atoms with E-state index in [2.05, 4.69) is 92.0 Å². The van der Waals surface area contributed by atoms with Crippen molar-refractivity contribution in [2.45, 2.75) is 13.2 Å². The Bertz CT molecular complexity index is 1220. The van der Waals surface area contributed by atoms with E-state index in [-0.39, 0.29) is 17.7 Å². The topological polar surface area (TPSA) is 46.6 Å². The van der Waals surface area contributed by atoms with Gasteiger partial charge < -0.3 is 4.74 Å². The molecule has 0 N–H and O–H groups in total. The number of halogens is 4. The van der Waals surface area contributed by atoms with Gasteiger partial charge in [0.1, 0.15) is 12.4 Å². The number of hydrogen-bond donors (Lipinski definition) is 0. The van der Waals surface area contributed by atoms with Crippen molar-refractivity contribution in [3.8, 4) is 5.75 Å². The van der Waals surface area contributed by atoms with Crippen LogP contribution in [-0.2, 0) is 17.9 Å². The first-order valence-electron chi connectivity index (χ1n) is 9.66. The molecule has 0 aliphatic carbocycles. The van der Waals surface area contributed by atoms with Crippen LogP contribution in [0.25, 0.3) is 6.08 Å². The molecule has 0 saturated carbocycles. The number of imide groups is 1. The van der Waals surface area contributed by atoms with Crippen LogP contribution in [0.15, 0.2) is 65.6 Å². The standard InChI is InChI=1S/C24H15ClI3NO3S/c25-17-5-1-14(2-6-17)12-29-23(30)21(33-24(29)31)11-16-9-19(27)22(20(28)10-16)32-13-15-3-7-18(26)8-4-15/h1-11H,12-13H2/b21-11+. The number of rotatable bonds is 6. The Balaban J connectivity index is 1.49. The second kappa shape index (κ2) is 11.3. The Labute approximate surface area is 241 Å². The fraction of sp³-hybridized carbons (Fsp3) is 0.0833. The molecule has 3 aromatic rings. The van der Waals surface area contributed by atoms with Gasteiger partial charge >= 0.3 is 0 Å². The molecule has 168 valence electrons. The Morgan fingerprint density at radius 1 is 0.909 bits per heavy atom. The van der Waals surface area contributed by atoms with Crippen molar-refractivity contribution in [2.75, 3.05) is 0 Å². The van der Waals surface area contributed by atoms with Gasteiger partial charge in [0.15, 0.2) is 0 Å². The molecule has 1 aliphatic rings. The number of benzene rings is 3. The highest BCUT2D eigenvalue weighted by Crippen LogP contribution is 2.35. The summed E-state index contributed by atoms with van der Waals surface area (Å²) in [6, 6.07) is 19.3. The smallest absolute Gasteiger partial charge is 0.293 e. The number of nitrogens with zero attached hydrogens (tertiary/aromatic N) is 1. The number of carbonyl (C=O) groups is 2. The lowest BCUT2D eigenvalue weighted by atomic mass is 10.2. The molecule has 0 atom stereocenters. The quantitative estimate of drug-likeness (QED) is 0.187. The maximum Gasteiger partial charge on any atom is 0.293 e. The summed E-state index contributed by atoms with van der Waals surface area (Å²) < 4.78 is 9.13. The molecule has 4 nitrogen and oxygen atoms in total. The van der Waals surface area contributed by atoms with E-state index in [0.717, 1.165) is 41.3 Å². The molecule has 0 aromatic heterocycles. The van der Waals surface area contributed by atoms with Crippen molar-refractivity contribution >= 4 is 108 Å². The van der Waals surface area contributed by atoms with E-state index in [1.807, 2.05) is 24.3 Å². The van der Waals surface area contributed by atoms with Gasteiger partial charge in [-0.3, -0.25) is 14.5 Å². The Kier molecular flexibility index (Phi) is 8.63. The molecular weight excluding hydrogens is 798 g/mol. The monoisotopic (exact) mass is 813 g/mol. The first kappa shape index (κ1) is 25.3. The molecule has 1 heterocycles. The van der Waals surface area contributed by atoms with Gasteiger partial charge in [0.05, 0.1) is 18.6 Å². The number of ether oxygens (including phenoxy) is 1. The molecule has 1 aliphatic heterocycles. The van der Waals surface area contributed by atoms with Crippen LogP contribution in [0.4, 0.5) is 4.79 Å². The average molecular weight is 814 g/mol. The minimum atomic E-state index is -0.288. The molecule has 2 amide bonds. The maximum absolute atomic E-state index is 12.9. The van der Waals surface area contributed by atoms with Gasteiger partial charge in [0.25, 0.3) is 11.1 Å². The first-order valence-corrected chi connectivity index (χ1v) is 14.1. The van der Waals surface area contributed by atoms with Crippen molar-refractivity contribution < 1.29 is 14.3 Å². The van der Waals surface area contributed by atoms with Crippen LogP contribution in [0.5, 0.6) is 5.75 Å². The predicted molar refractivity (Wildman–Crippen MR) is 158 cm³/mol. The second-order valence-electron chi connectivity index (χ2n) is 7.12. The Hall–Kier alpha value is -0.830. The van der Waals surface area contributed by atoms with E-state index < -0.39 is 0 Å². The van der Waals surface area contributed by atoms with E-state index >= 15 is 0 Å². The largest absolute Gasteiger partial charge is 0.487 e. The zero-order chi connectivity index (χ0) is 23.5. The third-order valence-electron chi connectivity index (χ3n) is 4.74. The SMILES string of the molecule is O=C1S/C(=C/c2cc(I)c(OCc3ccc(I)cc3)c(I)c2)C(=O)N1Cc1ccc(Cl)cc1. The zero-order valence-electron chi connectivity index (χ0n) is 16.9. The number of carbonyl (C=O) groups excluding carboxylic acids is 2. The third kappa shape index (κ3) is 6.44.